The second-order valence-electron chi connectivity index (χ2n) is 7.66. The molecule has 7 nitrogen and oxygen atoms in total. The molecule has 0 bridgehead atoms. The van der Waals surface area contributed by atoms with Crippen molar-refractivity contribution >= 4 is 11.8 Å². The summed E-state index contributed by atoms with van der Waals surface area (Å²) in [5.74, 6) is 1.14. The zero-order chi connectivity index (χ0) is 18.9. The summed E-state index contributed by atoms with van der Waals surface area (Å²) < 4.78 is 10.5. The second-order valence-corrected chi connectivity index (χ2v) is 7.66. The Morgan fingerprint density at radius 2 is 2.00 bits per heavy atom. The van der Waals surface area contributed by atoms with Crippen LogP contribution in [0.4, 0.5) is 10.5 Å². The van der Waals surface area contributed by atoms with Crippen LogP contribution in [0.1, 0.15) is 33.1 Å². The van der Waals surface area contributed by atoms with Crippen LogP contribution in [-0.4, -0.2) is 52.9 Å². The molecule has 26 heavy (non-hydrogen) atoms. The molecule has 1 aromatic carbocycles. The zero-order valence-corrected chi connectivity index (χ0v) is 16.0. The number of ether oxygens (including phenoxy) is 1. The minimum Gasteiger partial charge on any atom is -0.444 e. The van der Waals surface area contributed by atoms with E-state index < -0.39 is 5.60 Å². The maximum atomic E-state index is 12.2. The van der Waals surface area contributed by atoms with Gasteiger partial charge in [-0.1, -0.05) is 5.16 Å². The van der Waals surface area contributed by atoms with E-state index >= 15 is 0 Å². The van der Waals surface area contributed by atoms with Crippen LogP contribution in [0.5, 0.6) is 0 Å². The quantitative estimate of drug-likeness (QED) is 0.836. The van der Waals surface area contributed by atoms with Gasteiger partial charge in [-0.2, -0.15) is 4.98 Å². The number of carbonyl (C=O) groups excluding carboxylic acids is 1. The van der Waals surface area contributed by atoms with Crippen LogP contribution < -0.4 is 4.90 Å². The lowest BCUT2D eigenvalue weighted by atomic mass is 10.1. The van der Waals surface area contributed by atoms with Crippen LogP contribution in [0.15, 0.2) is 28.8 Å². The van der Waals surface area contributed by atoms with E-state index in [0.29, 0.717) is 24.8 Å². The van der Waals surface area contributed by atoms with Crippen LogP contribution in [0.3, 0.4) is 0 Å². The molecule has 1 aromatic heterocycles. The number of likely N-dealkylation sites (tertiary alicyclic amines) is 1. The van der Waals surface area contributed by atoms with Gasteiger partial charge in [-0.15, -0.1) is 0 Å². The highest BCUT2D eigenvalue weighted by Crippen LogP contribution is 2.25. The summed E-state index contributed by atoms with van der Waals surface area (Å²) in [7, 11) is 2.05. The molecule has 0 N–H and O–H groups in total. The number of hydrogen-bond acceptors (Lipinski definition) is 6. The number of nitrogens with zero attached hydrogens (tertiary/aromatic N) is 4. The van der Waals surface area contributed by atoms with Crippen molar-refractivity contribution in [3.05, 3.63) is 30.2 Å². The molecule has 7 heteroatoms. The van der Waals surface area contributed by atoms with E-state index in [1.165, 1.54) is 0 Å². The van der Waals surface area contributed by atoms with E-state index in [9.17, 15) is 4.79 Å². The maximum Gasteiger partial charge on any atom is 0.410 e. The molecule has 1 fully saturated rings. The van der Waals surface area contributed by atoms with Crippen molar-refractivity contribution in [1.29, 1.82) is 0 Å². The standard InChI is InChI=1S/C19H26N4O3/c1-13-20-17(21-26-13)14-6-8-15(9-7-14)22(5)16-10-11-23(12-16)18(24)25-19(2,3)4/h6-9,16H,10-12H2,1-5H3. The molecule has 1 amide bonds. The van der Waals surface area contributed by atoms with E-state index in [1.807, 2.05) is 45.0 Å². The third-order valence-corrected chi connectivity index (χ3v) is 4.42. The predicted molar refractivity (Wildman–Crippen MR) is 99.1 cm³/mol. The summed E-state index contributed by atoms with van der Waals surface area (Å²) >= 11 is 0. The summed E-state index contributed by atoms with van der Waals surface area (Å²) in [6, 6.07) is 8.31. The van der Waals surface area contributed by atoms with Crippen LogP contribution >= 0.6 is 0 Å². The number of aromatic nitrogens is 2. The Morgan fingerprint density at radius 1 is 1.31 bits per heavy atom. The molecule has 140 valence electrons. The van der Waals surface area contributed by atoms with E-state index in [-0.39, 0.29) is 12.1 Å². The Bertz CT molecular complexity index is 764. The summed E-state index contributed by atoms with van der Waals surface area (Å²) in [6.45, 7) is 8.81. The second kappa shape index (κ2) is 6.97. The minimum absolute atomic E-state index is 0.240. The van der Waals surface area contributed by atoms with Gasteiger partial charge in [0, 0.05) is 44.4 Å². The number of benzene rings is 1. The lowest BCUT2D eigenvalue weighted by Crippen LogP contribution is -2.39. The topological polar surface area (TPSA) is 71.7 Å². The minimum atomic E-state index is -0.468. The van der Waals surface area contributed by atoms with Gasteiger partial charge >= 0.3 is 6.09 Å². The SMILES string of the molecule is Cc1nc(-c2ccc(N(C)C3CCN(C(=O)OC(C)(C)C)C3)cc2)no1. The first kappa shape index (κ1) is 18.2. The fourth-order valence-corrected chi connectivity index (χ4v) is 3.02. The number of likely N-dealkylation sites (N-methyl/N-ethyl adjacent to an activating group) is 1. The van der Waals surface area contributed by atoms with Gasteiger partial charge in [-0.05, 0) is 51.5 Å². The molecular formula is C19H26N4O3. The average Bonchev–Trinajstić information content (AvgIpc) is 3.22. The fourth-order valence-electron chi connectivity index (χ4n) is 3.02. The smallest absolute Gasteiger partial charge is 0.410 e. The number of amides is 1. The molecule has 0 spiro atoms. The third kappa shape index (κ3) is 4.15. The Morgan fingerprint density at radius 3 is 2.58 bits per heavy atom. The molecule has 1 atom stereocenters. The van der Waals surface area contributed by atoms with E-state index in [0.717, 1.165) is 17.7 Å². The van der Waals surface area contributed by atoms with Crippen molar-refractivity contribution in [3.63, 3.8) is 0 Å². The molecular weight excluding hydrogens is 332 g/mol. The number of carbonyl (C=O) groups is 1. The zero-order valence-electron chi connectivity index (χ0n) is 16.0. The van der Waals surface area contributed by atoms with Crippen LogP contribution in [-0.2, 0) is 4.74 Å². The fraction of sp³-hybridized carbons (Fsp3) is 0.526. The van der Waals surface area contributed by atoms with Gasteiger partial charge in [0.15, 0.2) is 0 Å². The summed E-state index contributed by atoms with van der Waals surface area (Å²) in [5.41, 5.74) is 1.54. The van der Waals surface area contributed by atoms with Gasteiger partial charge in [0.1, 0.15) is 5.60 Å². The Kier molecular flexibility index (Phi) is 4.89. The summed E-state index contributed by atoms with van der Waals surface area (Å²) in [4.78, 5) is 20.5. The van der Waals surface area contributed by atoms with Gasteiger partial charge in [0.2, 0.25) is 11.7 Å². The molecule has 0 aliphatic carbocycles. The molecule has 1 aliphatic rings. The Balaban J connectivity index is 1.63. The maximum absolute atomic E-state index is 12.2. The Labute approximate surface area is 153 Å². The van der Waals surface area contributed by atoms with Crippen LogP contribution in [0, 0.1) is 6.92 Å². The molecule has 3 rings (SSSR count). The van der Waals surface area contributed by atoms with E-state index in [2.05, 4.69) is 22.1 Å². The van der Waals surface area contributed by atoms with Crippen LogP contribution in [0.25, 0.3) is 11.4 Å². The first-order valence-corrected chi connectivity index (χ1v) is 8.84. The van der Waals surface area contributed by atoms with Crippen molar-refractivity contribution < 1.29 is 14.1 Å². The molecule has 0 radical (unpaired) electrons. The summed E-state index contributed by atoms with van der Waals surface area (Å²) in [5, 5.41) is 3.94. The van der Waals surface area contributed by atoms with Crippen molar-refractivity contribution in [1.82, 2.24) is 15.0 Å². The first-order chi connectivity index (χ1) is 12.2. The highest BCUT2D eigenvalue weighted by molar-refractivity contribution is 5.69. The molecule has 0 saturated carbocycles. The number of aryl methyl sites for hydroxylation is 1. The Hall–Kier alpha value is -2.57. The monoisotopic (exact) mass is 358 g/mol. The van der Waals surface area contributed by atoms with Gasteiger partial charge in [0.25, 0.3) is 0 Å². The predicted octanol–water partition coefficient (Wildman–Crippen LogP) is 3.49. The first-order valence-electron chi connectivity index (χ1n) is 8.84. The molecule has 1 saturated heterocycles. The van der Waals surface area contributed by atoms with Crippen molar-refractivity contribution in [3.8, 4) is 11.4 Å². The highest BCUT2D eigenvalue weighted by Gasteiger charge is 2.31. The molecule has 2 heterocycles. The third-order valence-electron chi connectivity index (χ3n) is 4.42. The van der Waals surface area contributed by atoms with Crippen LogP contribution in [0.2, 0.25) is 0 Å². The number of anilines is 1. The largest absolute Gasteiger partial charge is 0.444 e. The van der Waals surface area contributed by atoms with Crippen molar-refractivity contribution in [2.45, 2.75) is 45.8 Å². The van der Waals surface area contributed by atoms with Gasteiger partial charge in [-0.25, -0.2) is 4.79 Å². The van der Waals surface area contributed by atoms with Crippen molar-refractivity contribution in [2.24, 2.45) is 0 Å². The lowest BCUT2D eigenvalue weighted by Gasteiger charge is -2.28. The summed E-state index contributed by atoms with van der Waals surface area (Å²) in [6.07, 6.45) is 0.679. The normalized spacial score (nSPS) is 17.4. The number of hydrogen-bond donors (Lipinski definition) is 0. The molecule has 2 aromatic rings. The van der Waals surface area contributed by atoms with Gasteiger partial charge in [-0.3, -0.25) is 0 Å². The van der Waals surface area contributed by atoms with E-state index in [1.54, 1.807) is 11.8 Å². The molecule has 1 unspecified atom stereocenters. The van der Waals surface area contributed by atoms with Gasteiger partial charge in [0.05, 0.1) is 0 Å². The average molecular weight is 358 g/mol. The molecule has 1 aliphatic heterocycles. The lowest BCUT2D eigenvalue weighted by molar-refractivity contribution is 0.0292. The van der Waals surface area contributed by atoms with Gasteiger partial charge < -0.3 is 19.1 Å². The van der Waals surface area contributed by atoms with Crippen molar-refractivity contribution in [2.75, 3.05) is 25.0 Å². The van der Waals surface area contributed by atoms with E-state index in [4.69, 9.17) is 9.26 Å². The number of rotatable bonds is 3. The highest BCUT2D eigenvalue weighted by atomic mass is 16.6.